The molecule has 0 fully saturated rings. The topological polar surface area (TPSA) is 4.93 Å². The van der Waals surface area contributed by atoms with Crippen molar-refractivity contribution in [1.29, 1.82) is 0 Å². The Morgan fingerprint density at radius 1 is 0.258 bits per heavy atom. The first-order valence-electron chi connectivity index (χ1n) is 37.4. The van der Waals surface area contributed by atoms with E-state index in [4.69, 9.17) is 0 Å². The number of aryl methyl sites for hydroxylation is 2. The fourth-order valence-electron chi connectivity index (χ4n) is 17.4. The summed E-state index contributed by atoms with van der Waals surface area (Å²) in [6.07, 6.45) is 36.2. The SMILES string of the molecule is CCCCCCCCC1(CCCCCCCC)c2cc(C)ccc2-c2ccc(-c3cc(-c4ccc5c(c4)C(CCCCCCCC)(CCCCCCCC)c4cc(-c6ccc7c(ccc8cc(C)ccc87)c6)ccc4-5)cc(-n4c5ccccc5c5ccccc54)c3)cc21. The Morgan fingerprint density at radius 2 is 0.591 bits per heavy atom. The van der Waals surface area contributed by atoms with Crippen LogP contribution in [0.15, 0.2) is 188 Å². The Morgan fingerprint density at radius 3 is 1.04 bits per heavy atom. The molecule has 0 bridgehead atoms. The molecule has 0 saturated carbocycles. The molecule has 11 aromatic rings. The minimum Gasteiger partial charge on any atom is -0.309 e. The van der Waals surface area contributed by atoms with Gasteiger partial charge < -0.3 is 4.57 Å². The number of unbranched alkanes of at least 4 members (excludes halogenated alkanes) is 20. The Labute approximate surface area is 559 Å². The maximum absolute atomic E-state index is 2.72. The first-order valence-corrected chi connectivity index (χ1v) is 37.4. The highest BCUT2D eigenvalue weighted by Crippen LogP contribution is 2.58. The van der Waals surface area contributed by atoms with E-state index in [2.05, 4.69) is 234 Å². The average Bonchev–Trinajstić information content (AvgIpc) is 1.62. The first kappa shape index (κ1) is 64.2. The van der Waals surface area contributed by atoms with Crippen molar-refractivity contribution in [3.8, 4) is 61.3 Å². The molecule has 1 heteroatoms. The third-order valence-electron chi connectivity index (χ3n) is 22.5. The molecule has 2 aliphatic carbocycles. The maximum atomic E-state index is 2.72. The van der Waals surface area contributed by atoms with Crippen LogP contribution in [-0.2, 0) is 10.8 Å². The van der Waals surface area contributed by atoms with E-state index in [9.17, 15) is 0 Å². The quantitative estimate of drug-likeness (QED) is 0.0293. The zero-order valence-electron chi connectivity index (χ0n) is 57.6. The monoisotopic (exact) mass is 1220 g/mol. The lowest BCUT2D eigenvalue weighted by Crippen LogP contribution is -2.25. The summed E-state index contributed by atoms with van der Waals surface area (Å²) in [5, 5.41) is 7.90. The van der Waals surface area contributed by atoms with Crippen LogP contribution in [0.3, 0.4) is 0 Å². The van der Waals surface area contributed by atoms with Gasteiger partial charge in [-0.15, -0.1) is 0 Å². The van der Waals surface area contributed by atoms with E-state index in [1.54, 1.807) is 22.3 Å². The predicted octanol–water partition coefficient (Wildman–Crippen LogP) is 28.2. The van der Waals surface area contributed by atoms with Crippen molar-refractivity contribution in [2.24, 2.45) is 0 Å². The molecule has 0 amide bonds. The molecular formula is C92H105N. The third-order valence-corrected chi connectivity index (χ3v) is 22.5. The molecule has 0 radical (unpaired) electrons. The standard InChI is InChI=1S/C92H105N/c1-7-11-15-19-23-31-53-91(54-32-24-20-16-12-8-2)85-58-67(6)40-48-79(85)80-51-45-70(64-87(80)91)74-60-75(62-76(61-74)93-89-37-29-27-35-83(89)84-36-28-30-38-90(84)93)71-46-52-82-81-50-44-69(68-43-49-78-73(59-68)42-41-72-57-66(5)39-47-77(72)78)63-86(81)92(88(82)65-71,55-33-25-21-17-13-9-3)56-34-26-22-18-14-10-4/h27-30,35-52,57-65H,7-26,31-34,53-56H2,1-6H3. The van der Waals surface area contributed by atoms with Crippen LogP contribution in [0.4, 0.5) is 0 Å². The van der Waals surface area contributed by atoms with Crippen LogP contribution in [0.25, 0.3) is 105 Å². The van der Waals surface area contributed by atoms with Crippen molar-refractivity contribution in [1.82, 2.24) is 4.57 Å². The molecule has 0 saturated heterocycles. The van der Waals surface area contributed by atoms with Gasteiger partial charge in [-0.2, -0.15) is 0 Å². The number of aromatic nitrogens is 1. The highest BCUT2D eigenvalue weighted by atomic mass is 15.0. The third kappa shape index (κ3) is 13.1. The molecule has 0 spiro atoms. The largest absolute Gasteiger partial charge is 0.309 e. The second-order valence-electron chi connectivity index (χ2n) is 28.9. The summed E-state index contributed by atoms with van der Waals surface area (Å²) in [6.45, 7) is 13.9. The molecule has 0 atom stereocenters. The van der Waals surface area contributed by atoms with Crippen molar-refractivity contribution in [3.05, 3.63) is 221 Å². The van der Waals surface area contributed by atoms with Crippen LogP contribution >= 0.6 is 0 Å². The highest BCUT2D eigenvalue weighted by molar-refractivity contribution is 6.10. The van der Waals surface area contributed by atoms with E-state index < -0.39 is 0 Å². The lowest BCUT2D eigenvalue weighted by atomic mass is 9.69. The van der Waals surface area contributed by atoms with Crippen molar-refractivity contribution < 1.29 is 0 Å². The molecule has 10 aromatic carbocycles. The van der Waals surface area contributed by atoms with Gasteiger partial charge in [0.1, 0.15) is 0 Å². The summed E-state index contributed by atoms with van der Waals surface area (Å²) in [4.78, 5) is 0. The van der Waals surface area contributed by atoms with Gasteiger partial charge in [-0.1, -0.05) is 326 Å². The van der Waals surface area contributed by atoms with E-state index in [1.165, 1.54) is 296 Å². The summed E-state index contributed by atoms with van der Waals surface area (Å²) in [6, 6.07) is 75.3. The fraction of sp³-hybridized carbons (Fsp3) is 0.391. The van der Waals surface area contributed by atoms with E-state index >= 15 is 0 Å². The maximum Gasteiger partial charge on any atom is 0.0541 e. The van der Waals surface area contributed by atoms with Gasteiger partial charge in [0.25, 0.3) is 0 Å². The van der Waals surface area contributed by atoms with Crippen molar-refractivity contribution in [2.75, 3.05) is 0 Å². The number of hydrogen-bond donors (Lipinski definition) is 0. The summed E-state index contributed by atoms with van der Waals surface area (Å²) in [5.41, 5.74) is 26.3. The van der Waals surface area contributed by atoms with Gasteiger partial charge in [0.05, 0.1) is 11.0 Å². The van der Waals surface area contributed by atoms with Crippen LogP contribution in [0.2, 0.25) is 0 Å². The van der Waals surface area contributed by atoms with Crippen molar-refractivity contribution >= 4 is 43.4 Å². The molecule has 1 nitrogen and oxygen atoms in total. The minimum absolute atomic E-state index is 0.0118. The van der Waals surface area contributed by atoms with E-state index in [-0.39, 0.29) is 10.8 Å². The van der Waals surface area contributed by atoms with Gasteiger partial charge in [0, 0.05) is 27.3 Å². The number of fused-ring (bicyclic) bond motifs is 12. The number of benzene rings is 10. The Balaban J connectivity index is 0.969. The zero-order chi connectivity index (χ0) is 63.7. The molecule has 13 rings (SSSR count). The number of hydrogen-bond acceptors (Lipinski definition) is 0. The van der Waals surface area contributed by atoms with Gasteiger partial charge in [-0.25, -0.2) is 0 Å². The Hall–Kier alpha value is -7.48. The van der Waals surface area contributed by atoms with Crippen LogP contribution in [0, 0.1) is 13.8 Å². The number of nitrogens with zero attached hydrogens (tertiary/aromatic N) is 1. The summed E-state index contributed by atoms with van der Waals surface area (Å²) in [7, 11) is 0. The molecule has 1 heterocycles. The second-order valence-corrected chi connectivity index (χ2v) is 28.9. The molecule has 478 valence electrons. The van der Waals surface area contributed by atoms with Gasteiger partial charge in [0.15, 0.2) is 0 Å². The van der Waals surface area contributed by atoms with Crippen molar-refractivity contribution in [3.63, 3.8) is 0 Å². The zero-order valence-corrected chi connectivity index (χ0v) is 57.6. The Bertz CT molecular complexity index is 4300. The molecule has 0 aliphatic heterocycles. The second kappa shape index (κ2) is 29.4. The van der Waals surface area contributed by atoms with Crippen LogP contribution in [0.1, 0.15) is 241 Å². The lowest BCUT2D eigenvalue weighted by molar-refractivity contribution is 0.398. The van der Waals surface area contributed by atoms with Gasteiger partial charge in [-0.05, 0) is 194 Å². The average molecular weight is 1220 g/mol. The van der Waals surface area contributed by atoms with Crippen LogP contribution in [0.5, 0.6) is 0 Å². The first-order chi connectivity index (χ1) is 45.7. The van der Waals surface area contributed by atoms with E-state index in [0.29, 0.717) is 0 Å². The van der Waals surface area contributed by atoms with E-state index in [0.717, 1.165) is 0 Å². The Kier molecular flexibility index (Phi) is 20.3. The van der Waals surface area contributed by atoms with Gasteiger partial charge >= 0.3 is 0 Å². The summed E-state index contributed by atoms with van der Waals surface area (Å²) < 4.78 is 2.58. The predicted molar refractivity (Wildman–Crippen MR) is 406 cm³/mol. The normalized spacial score (nSPS) is 13.6. The lowest BCUT2D eigenvalue weighted by Gasteiger charge is -2.33. The molecular weight excluding hydrogens is 1120 g/mol. The molecule has 0 unspecified atom stereocenters. The van der Waals surface area contributed by atoms with Crippen molar-refractivity contribution in [2.45, 2.75) is 232 Å². The summed E-state index contributed by atoms with van der Waals surface area (Å²) >= 11 is 0. The van der Waals surface area contributed by atoms with Gasteiger partial charge in [0.2, 0.25) is 0 Å². The molecule has 2 aliphatic rings. The number of rotatable bonds is 32. The van der Waals surface area contributed by atoms with Gasteiger partial charge in [-0.3, -0.25) is 0 Å². The smallest absolute Gasteiger partial charge is 0.0541 e. The highest BCUT2D eigenvalue weighted by Gasteiger charge is 2.44. The van der Waals surface area contributed by atoms with Crippen LogP contribution < -0.4 is 0 Å². The minimum atomic E-state index is -0.104. The fourth-order valence-corrected chi connectivity index (χ4v) is 17.4. The summed E-state index contributed by atoms with van der Waals surface area (Å²) in [5.74, 6) is 0. The molecule has 93 heavy (non-hydrogen) atoms. The van der Waals surface area contributed by atoms with E-state index in [1.807, 2.05) is 0 Å². The molecule has 1 aromatic heterocycles. The number of para-hydroxylation sites is 2. The molecule has 0 N–H and O–H groups in total. The van der Waals surface area contributed by atoms with Crippen LogP contribution in [-0.4, -0.2) is 4.57 Å².